The van der Waals surface area contributed by atoms with Crippen molar-refractivity contribution in [2.24, 2.45) is 7.05 Å². The van der Waals surface area contributed by atoms with E-state index in [0.717, 1.165) is 0 Å². The van der Waals surface area contributed by atoms with Gasteiger partial charge in [0.1, 0.15) is 0 Å². The molecule has 0 atom stereocenters. The molecule has 1 aromatic heterocycles. The third-order valence-corrected chi connectivity index (χ3v) is 1.90. The van der Waals surface area contributed by atoms with Crippen LogP contribution in [0.25, 0.3) is 0 Å². The van der Waals surface area contributed by atoms with Crippen LogP contribution in [0.1, 0.15) is 10.5 Å². The van der Waals surface area contributed by atoms with Crippen molar-refractivity contribution >= 4 is 30.1 Å². The molecule has 1 heterocycles. The number of carbonyl (C=O) groups is 1. The molecule has 1 N–H and O–H groups in total. The van der Waals surface area contributed by atoms with Crippen LogP contribution in [-0.4, -0.2) is 28.0 Å². The van der Waals surface area contributed by atoms with E-state index in [1.165, 1.54) is 4.68 Å². The summed E-state index contributed by atoms with van der Waals surface area (Å²) in [5, 5.41) is 6.90. The van der Waals surface area contributed by atoms with Gasteiger partial charge in [0.05, 0.1) is 5.02 Å². The van der Waals surface area contributed by atoms with Gasteiger partial charge in [-0.2, -0.15) is 17.7 Å². The standard InChI is InChI=1S/C7H10ClN3OS/c1-11-4-5(8)6(10-11)7(12)9-2-3-13/h4,13H,2-3H2,1H3,(H,9,12). The van der Waals surface area contributed by atoms with Crippen LogP contribution in [0.5, 0.6) is 0 Å². The van der Waals surface area contributed by atoms with Crippen molar-refractivity contribution in [3.8, 4) is 0 Å². The van der Waals surface area contributed by atoms with Crippen molar-refractivity contribution in [3.05, 3.63) is 16.9 Å². The summed E-state index contributed by atoms with van der Waals surface area (Å²) in [4.78, 5) is 11.3. The van der Waals surface area contributed by atoms with Crippen LogP contribution in [0, 0.1) is 0 Å². The first-order valence-electron chi connectivity index (χ1n) is 3.73. The third-order valence-electron chi connectivity index (χ3n) is 1.40. The van der Waals surface area contributed by atoms with Gasteiger partial charge in [-0.1, -0.05) is 11.6 Å². The Kier molecular flexibility index (Phi) is 3.62. The molecule has 0 fully saturated rings. The second-order valence-corrected chi connectivity index (χ2v) is 3.33. The Morgan fingerprint density at radius 1 is 1.85 bits per heavy atom. The lowest BCUT2D eigenvalue weighted by Gasteiger charge is -1.99. The van der Waals surface area contributed by atoms with E-state index in [2.05, 4.69) is 23.0 Å². The van der Waals surface area contributed by atoms with Gasteiger partial charge in [-0.25, -0.2) is 0 Å². The highest BCUT2D eigenvalue weighted by Gasteiger charge is 2.13. The van der Waals surface area contributed by atoms with E-state index in [9.17, 15) is 4.79 Å². The minimum Gasteiger partial charge on any atom is -0.350 e. The number of thiol groups is 1. The summed E-state index contributed by atoms with van der Waals surface area (Å²) in [6, 6.07) is 0. The van der Waals surface area contributed by atoms with E-state index in [4.69, 9.17) is 11.6 Å². The molecule has 0 unspecified atom stereocenters. The minimum atomic E-state index is -0.264. The van der Waals surface area contributed by atoms with E-state index in [1.54, 1.807) is 13.2 Å². The molecule has 0 aliphatic heterocycles. The van der Waals surface area contributed by atoms with Crippen LogP contribution in [-0.2, 0) is 7.05 Å². The fraction of sp³-hybridized carbons (Fsp3) is 0.429. The lowest BCUT2D eigenvalue weighted by molar-refractivity contribution is 0.0950. The van der Waals surface area contributed by atoms with Gasteiger partial charge in [-0.3, -0.25) is 9.48 Å². The first kappa shape index (κ1) is 10.4. The van der Waals surface area contributed by atoms with E-state index in [0.29, 0.717) is 17.3 Å². The monoisotopic (exact) mass is 219 g/mol. The third kappa shape index (κ3) is 2.63. The Bertz CT molecular complexity index is 313. The van der Waals surface area contributed by atoms with Crippen LogP contribution in [0.4, 0.5) is 0 Å². The molecule has 72 valence electrons. The van der Waals surface area contributed by atoms with Crippen molar-refractivity contribution in [2.75, 3.05) is 12.3 Å². The fourth-order valence-corrected chi connectivity index (χ4v) is 1.24. The lowest BCUT2D eigenvalue weighted by Crippen LogP contribution is -2.26. The predicted octanol–water partition coefficient (Wildman–Crippen LogP) is 0.733. The number of rotatable bonds is 3. The van der Waals surface area contributed by atoms with Crippen LogP contribution in [0.2, 0.25) is 5.02 Å². The van der Waals surface area contributed by atoms with Gasteiger partial charge in [0.15, 0.2) is 5.69 Å². The van der Waals surface area contributed by atoms with Gasteiger partial charge >= 0.3 is 0 Å². The lowest BCUT2D eigenvalue weighted by atomic mass is 10.4. The minimum absolute atomic E-state index is 0.256. The average Bonchev–Trinajstić information content (AvgIpc) is 2.41. The molecule has 4 nitrogen and oxygen atoms in total. The number of halogens is 1. The number of nitrogens with one attached hydrogen (secondary N) is 1. The summed E-state index contributed by atoms with van der Waals surface area (Å²) >= 11 is 9.72. The topological polar surface area (TPSA) is 46.9 Å². The van der Waals surface area contributed by atoms with Gasteiger partial charge in [-0.05, 0) is 0 Å². The summed E-state index contributed by atoms with van der Waals surface area (Å²) in [7, 11) is 1.71. The molecule has 1 amide bonds. The molecule has 6 heteroatoms. The van der Waals surface area contributed by atoms with Crippen molar-refractivity contribution in [1.29, 1.82) is 0 Å². The molecule has 0 aliphatic carbocycles. The van der Waals surface area contributed by atoms with Gasteiger partial charge in [0.25, 0.3) is 5.91 Å². The average molecular weight is 220 g/mol. The van der Waals surface area contributed by atoms with Crippen molar-refractivity contribution in [3.63, 3.8) is 0 Å². The number of carbonyl (C=O) groups excluding carboxylic acids is 1. The molecule has 0 radical (unpaired) electrons. The highest BCUT2D eigenvalue weighted by atomic mass is 35.5. The molecule has 13 heavy (non-hydrogen) atoms. The summed E-state index contributed by atoms with van der Waals surface area (Å²) in [5.41, 5.74) is 0.256. The van der Waals surface area contributed by atoms with Crippen molar-refractivity contribution < 1.29 is 4.79 Å². The zero-order valence-corrected chi connectivity index (χ0v) is 8.77. The molecular formula is C7H10ClN3OS. The molecule has 0 aliphatic rings. The van der Waals surface area contributed by atoms with Crippen LogP contribution in [0.15, 0.2) is 6.20 Å². The summed E-state index contributed by atoms with van der Waals surface area (Å²) < 4.78 is 1.50. The second-order valence-electron chi connectivity index (χ2n) is 2.48. The normalized spacial score (nSPS) is 10.1. The van der Waals surface area contributed by atoms with Gasteiger partial charge in [0, 0.05) is 25.5 Å². The summed E-state index contributed by atoms with van der Waals surface area (Å²) in [6.07, 6.45) is 1.58. The molecular weight excluding hydrogens is 210 g/mol. The van der Waals surface area contributed by atoms with Crippen LogP contribution < -0.4 is 5.32 Å². The molecule has 1 aromatic rings. The highest BCUT2D eigenvalue weighted by Crippen LogP contribution is 2.12. The van der Waals surface area contributed by atoms with E-state index >= 15 is 0 Å². The van der Waals surface area contributed by atoms with Gasteiger partial charge in [0.2, 0.25) is 0 Å². The zero-order valence-electron chi connectivity index (χ0n) is 7.12. The largest absolute Gasteiger partial charge is 0.350 e. The molecule has 0 bridgehead atoms. The zero-order chi connectivity index (χ0) is 9.84. The van der Waals surface area contributed by atoms with Crippen molar-refractivity contribution in [2.45, 2.75) is 0 Å². The highest BCUT2D eigenvalue weighted by molar-refractivity contribution is 7.80. The predicted molar refractivity (Wildman–Crippen MR) is 54.4 cm³/mol. The molecule has 0 saturated carbocycles. The van der Waals surface area contributed by atoms with Gasteiger partial charge in [-0.15, -0.1) is 0 Å². The van der Waals surface area contributed by atoms with Crippen LogP contribution >= 0.6 is 24.2 Å². The van der Waals surface area contributed by atoms with Crippen molar-refractivity contribution in [1.82, 2.24) is 15.1 Å². The maximum atomic E-state index is 11.3. The number of aryl methyl sites for hydroxylation is 1. The number of hydrogen-bond acceptors (Lipinski definition) is 3. The maximum absolute atomic E-state index is 11.3. The number of aromatic nitrogens is 2. The Morgan fingerprint density at radius 2 is 2.54 bits per heavy atom. The summed E-state index contributed by atoms with van der Waals surface area (Å²) in [5.74, 6) is 0.329. The second kappa shape index (κ2) is 4.53. The fourth-order valence-electron chi connectivity index (χ4n) is 0.867. The summed E-state index contributed by atoms with van der Waals surface area (Å²) in [6.45, 7) is 0.509. The Hall–Kier alpha value is -0.680. The maximum Gasteiger partial charge on any atom is 0.273 e. The SMILES string of the molecule is Cn1cc(Cl)c(C(=O)NCCS)n1. The molecule has 1 rings (SSSR count). The first-order chi connectivity index (χ1) is 6.15. The van der Waals surface area contributed by atoms with Gasteiger partial charge < -0.3 is 5.32 Å². The number of nitrogens with zero attached hydrogens (tertiary/aromatic N) is 2. The quantitative estimate of drug-likeness (QED) is 0.737. The van der Waals surface area contributed by atoms with E-state index in [-0.39, 0.29) is 11.6 Å². The Morgan fingerprint density at radius 3 is 3.00 bits per heavy atom. The Labute approximate surface area is 86.7 Å². The van der Waals surface area contributed by atoms with Crippen LogP contribution in [0.3, 0.4) is 0 Å². The molecule has 0 aromatic carbocycles. The first-order valence-corrected chi connectivity index (χ1v) is 4.74. The van der Waals surface area contributed by atoms with E-state index < -0.39 is 0 Å². The number of amides is 1. The molecule has 0 spiro atoms. The number of hydrogen-bond donors (Lipinski definition) is 2. The Balaban J connectivity index is 2.70. The van der Waals surface area contributed by atoms with E-state index in [1.807, 2.05) is 0 Å². The smallest absolute Gasteiger partial charge is 0.273 e. The molecule has 0 saturated heterocycles.